The first-order valence-electron chi connectivity index (χ1n) is 10.7. The summed E-state index contributed by atoms with van der Waals surface area (Å²) in [6.07, 6.45) is 0.801. The second-order valence-electron chi connectivity index (χ2n) is 7.69. The maximum Gasteiger partial charge on any atom is 0.269 e. The molecular formula is C25H28N4O3S. The molecule has 1 aromatic heterocycles. The van der Waals surface area contributed by atoms with Gasteiger partial charge >= 0.3 is 0 Å². The molecular weight excluding hydrogens is 436 g/mol. The highest BCUT2D eigenvalue weighted by Crippen LogP contribution is 2.20. The third-order valence-electron chi connectivity index (χ3n) is 4.70. The number of hydrogen-bond donors (Lipinski definition) is 2. The van der Waals surface area contributed by atoms with Crippen molar-refractivity contribution in [3.63, 3.8) is 0 Å². The van der Waals surface area contributed by atoms with Gasteiger partial charge in [-0.3, -0.25) is 20.4 Å². The van der Waals surface area contributed by atoms with Gasteiger partial charge in [0.05, 0.1) is 6.61 Å². The normalized spacial score (nSPS) is 10.5. The number of nitrogens with one attached hydrogen (secondary N) is 2. The first-order chi connectivity index (χ1) is 15.9. The topological polar surface area (TPSA) is 93.2 Å². The molecule has 0 radical (unpaired) electrons. The summed E-state index contributed by atoms with van der Waals surface area (Å²) in [6, 6.07) is 16.9. The summed E-state index contributed by atoms with van der Waals surface area (Å²) in [6.45, 7) is 6.34. The molecule has 0 aliphatic heterocycles. The fourth-order valence-corrected chi connectivity index (χ4v) is 3.88. The second kappa shape index (κ2) is 12.0. The van der Waals surface area contributed by atoms with Crippen LogP contribution in [-0.2, 0) is 10.5 Å². The molecule has 0 fully saturated rings. The molecule has 2 amide bonds. The van der Waals surface area contributed by atoms with E-state index in [1.165, 1.54) is 0 Å². The van der Waals surface area contributed by atoms with Gasteiger partial charge in [0.2, 0.25) is 5.91 Å². The molecule has 3 aromatic rings. The lowest BCUT2D eigenvalue weighted by molar-refractivity contribution is -0.122. The molecule has 7 nitrogen and oxygen atoms in total. The van der Waals surface area contributed by atoms with Crippen molar-refractivity contribution in [1.29, 1.82) is 0 Å². The Bertz CT molecular complexity index is 1070. The number of hydrogen-bond acceptors (Lipinski definition) is 6. The summed E-state index contributed by atoms with van der Waals surface area (Å²) in [4.78, 5) is 33.1. The zero-order chi connectivity index (χ0) is 23.6. The maximum absolute atomic E-state index is 12.3. The van der Waals surface area contributed by atoms with Crippen molar-refractivity contribution < 1.29 is 14.3 Å². The first kappa shape index (κ1) is 24.3. The number of thioether (sulfide) groups is 1. The van der Waals surface area contributed by atoms with Gasteiger partial charge in [-0.2, -0.15) is 0 Å². The highest BCUT2D eigenvalue weighted by Gasteiger charge is 2.08. The van der Waals surface area contributed by atoms with Crippen LogP contribution in [0.3, 0.4) is 0 Å². The SMILES string of the molecule is Cc1ccc(OCCCC(=O)NNC(=O)c2ccc(CSc3nc(C)cc(C)n3)cc2)cc1. The molecule has 0 aliphatic rings. The van der Waals surface area contributed by atoms with Crippen LogP contribution in [0.15, 0.2) is 59.8 Å². The molecule has 1 heterocycles. The van der Waals surface area contributed by atoms with Gasteiger partial charge in [-0.15, -0.1) is 0 Å². The van der Waals surface area contributed by atoms with E-state index in [0.29, 0.717) is 24.3 Å². The predicted molar refractivity (Wildman–Crippen MR) is 129 cm³/mol. The Labute approximate surface area is 198 Å². The highest BCUT2D eigenvalue weighted by molar-refractivity contribution is 7.98. The molecule has 0 saturated heterocycles. The Morgan fingerprint density at radius 1 is 0.909 bits per heavy atom. The minimum Gasteiger partial charge on any atom is -0.494 e. The molecule has 33 heavy (non-hydrogen) atoms. The number of aryl methyl sites for hydroxylation is 3. The Morgan fingerprint density at radius 3 is 2.24 bits per heavy atom. The standard InChI is InChI=1S/C25H28N4O3S/c1-17-6-12-22(13-7-17)32-14-4-5-23(30)28-29-24(31)21-10-8-20(9-11-21)16-33-25-26-18(2)15-19(3)27-25/h6-13,15H,4-5,14,16H2,1-3H3,(H,28,30)(H,29,31). The zero-order valence-electron chi connectivity index (χ0n) is 19.1. The lowest BCUT2D eigenvalue weighted by atomic mass is 10.1. The van der Waals surface area contributed by atoms with E-state index >= 15 is 0 Å². The van der Waals surface area contributed by atoms with Crippen molar-refractivity contribution in [2.24, 2.45) is 0 Å². The van der Waals surface area contributed by atoms with Crippen LogP contribution in [-0.4, -0.2) is 28.4 Å². The van der Waals surface area contributed by atoms with E-state index in [1.807, 2.05) is 63.2 Å². The number of carbonyl (C=O) groups excluding carboxylic acids is 2. The number of nitrogens with zero attached hydrogens (tertiary/aromatic N) is 2. The molecule has 0 saturated carbocycles. The van der Waals surface area contributed by atoms with Crippen molar-refractivity contribution >= 4 is 23.6 Å². The Hall–Kier alpha value is -3.39. The Morgan fingerprint density at radius 2 is 1.58 bits per heavy atom. The molecule has 2 aromatic carbocycles. The number of ether oxygens (including phenoxy) is 1. The number of benzene rings is 2. The van der Waals surface area contributed by atoms with Crippen molar-refractivity contribution in [2.45, 2.75) is 44.5 Å². The van der Waals surface area contributed by atoms with E-state index in [-0.39, 0.29) is 18.2 Å². The predicted octanol–water partition coefficient (Wildman–Crippen LogP) is 4.31. The van der Waals surface area contributed by atoms with E-state index in [9.17, 15) is 9.59 Å². The van der Waals surface area contributed by atoms with Crippen LogP contribution in [0.1, 0.15) is 45.7 Å². The summed E-state index contributed by atoms with van der Waals surface area (Å²) >= 11 is 1.55. The second-order valence-corrected chi connectivity index (χ2v) is 8.63. The van der Waals surface area contributed by atoms with Crippen LogP contribution < -0.4 is 15.6 Å². The highest BCUT2D eigenvalue weighted by atomic mass is 32.2. The fourth-order valence-electron chi connectivity index (χ4n) is 2.98. The van der Waals surface area contributed by atoms with Crippen LogP contribution in [0, 0.1) is 20.8 Å². The number of aromatic nitrogens is 2. The minimum atomic E-state index is -0.365. The molecule has 2 N–H and O–H groups in total. The van der Waals surface area contributed by atoms with Gasteiger partial charge in [-0.1, -0.05) is 41.6 Å². The van der Waals surface area contributed by atoms with E-state index in [1.54, 1.807) is 23.9 Å². The first-order valence-corrected chi connectivity index (χ1v) is 11.7. The van der Waals surface area contributed by atoms with Gasteiger partial charge in [0.1, 0.15) is 5.75 Å². The maximum atomic E-state index is 12.3. The Balaban J connectivity index is 1.36. The summed E-state index contributed by atoms with van der Waals surface area (Å²) in [5, 5.41) is 0.737. The van der Waals surface area contributed by atoms with Crippen LogP contribution >= 0.6 is 11.8 Å². The van der Waals surface area contributed by atoms with Crippen LogP contribution in [0.2, 0.25) is 0 Å². The van der Waals surface area contributed by atoms with Crippen LogP contribution in [0.5, 0.6) is 5.75 Å². The number of hydrazine groups is 1. The van der Waals surface area contributed by atoms with Crippen LogP contribution in [0.4, 0.5) is 0 Å². The Kier molecular flexibility index (Phi) is 8.83. The lowest BCUT2D eigenvalue weighted by Crippen LogP contribution is -2.41. The van der Waals surface area contributed by atoms with Gasteiger partial charge in [-0.25, -0.2) is 9.97 Å². The fraction of sp³-hybridized carbons (Fsp3) is 0.280. The molecule has 0 unspecified atom stereocenters. The monoisotopic (exact) mass is 464 g/mol. The molecule has 8 heteroatoms. The lowest BCUT2D eigenvalue weighted by Gasteiger charge is -2.09. The zero-order valence-corrected chi connectivity index (χ0v) is 19.9. The van der Waals surface area contributed by atoms with Gasteiger partial charge in [0.25, 0.3) is 5.91 Å². The number of amides is 2. The average Bonchev–Trinajstić information content (AvgIpc) is 2.80. The molecule has 0 spiro atoms. The van der Waals surface area contributed by atoms with E-state index in [2.05, 4.69) is 20.8 Å². The summed E-state index contributed by atoms with van der Waals surface area (Å²) in [5.74, 6) is 0.845. The minimum absolute atomic E-state index is 0.253. The van der Waals surface area contributed by atoms with Crippen molar-refractivity contribution in [1.82, 2.24) is 20.8 Å². The molecule has 0 aliphatic carbocycles. The molecule has 0 atom stereocenters. The summed E-state index contributed by atoms with van der Waals surface area (Å²) in [5.41, 5.74) is 9.46. The molecule has 3 rings (SSSR count). The van der Waals surface area contributed by atoms with Gasteiger partial charge < -0.3 is 4.74 Å². The van der Waals surface area contributed by atoms with E-state index in [4.69, 9.17) is 4.74 Å². The smallest absolute Gasteiger partial charge is 0.269 e. The van der Waals surface area contributed by atoms with Gasteiger partial charge in [-0.05, 0) is 63.1 Å². The quantitative estimate of drug-likeness (QED) is 0.212. The summed E-state index contributed by atoms with van der Waals surface area (Å²) < 4.78 is 5.60. The largest absolute Gasteiger partial charge is 0.494 e. The third kappa shape index (κ3) is 8.23. The van der Waals surface area contributed by atoms with Crippen molar-refractivity contribution in [3.8, 4) is 5.75 Å². The third-order valence-corrected chi connectivity index (χ3v) is 5.62. The van der Waals surface area contributed by atoms with Crippen LogP contribution in [0.25, 0.3) is 0 Å². The van der Waals surface area contributed by atoms with Gasteiger partial charge in [0, 0.05) is 29.1 Å². The molecule has 0 bridgehead atoms. The van der Waals surface area contributed by atoms with Crippen molar-refractivity contribution in [3.05, 3.63) is 82.7 Å². The van der Waals surface area contributed by atoms with Gasteiger partial charge in [0.15, 0.2) is 5.16 Å². The van der Waals surface area contributed by atoms with E-state index < -0.39 is 0 Å². The summed E-state index contributed by atoms with van der Waals surface area (Å²) in [7, 11) is 0. The molecule has 172 valence electrons. The van der Waals surface area contributed by atoms with Crippen molar-refractivity contribution in [2.75, 3.05) is 6.61 Å². The average molecular weight is 465 g/mol. The number of rotatable bonds is 9. The van der Waals surface area contributed by atoms with E-state index in [0.717, 1.165) is 33.4 Å². The number of carbonyl (C=O) groups is 2.